The third-order valence-corrected chi connectivity index (χ3v) is 6.20. The maximum atomic E-state index is 12.4. The number of benzene rings is 1. The smallest absolute Gasteiger partial charge is 0.475 e. The third-order valence-electron chi connectivity index (χ3n) is 5.19. The molecule has 0 aliphatic carbocycles. The van der Waals surface area contributed by atoms with Crippen LogP contribution in [0.25, 0.3) is 0 Å². The summed E-state index contributed by atoms with van der Waals surface area (Å²) in [6, 6.07) is 12.6. The van der Waals surface area contributed by atoms with Gasteiger partial charge in [0.2, 0.25) is 5.91 Å². The Balaban J connectivity index is 0.000000451. The molecule has 176 valence electrons. The zero-order valence-corrected chi connectivity index (χ0v) is 18.2. The second-order valence-electron chi connectivity index (χ2n) is 7.48. The highest BCUT2D eigenvalue weighted by molar-refractivity contribution is 7.99. The molecule has 3 N–H and O–H groups in total. The quantitative estimate of drug-likeness (QED) is 0.492. The number of carbonyl (C=O) groups is 2. The van der Waals surface area contributed by atoms with Gasteiger partial charge in [0.1, 0.15) is 6.04 Å². The fraction of sp³-hybridized carbons (Fsp3) is 0.550. The number of aliphatic carboxylic acids is 1. The van der Waals surface area contributed by atoms with Crippen molar-refractivity contribution in [1.82, 2.24) is 14.8 Å². The van der Waals surface area contributed by atoms with Crippen molar-refractivity contribution in [2.24, 2.45) is 5.84 Å². The first-order valence-electron chi connectivity index (χ1n) is 9.96. The fourth-order valence-corrected chi connectivity index (χ4v) is 4.53. The van der Waals surface area contributed by atoms with E-state index in [2.05, 4.69) is 35.2 Å². The highest BCUT2D eigenvalue weighted by Gasteiger charge is 2.38. The number of carboxylic acids is 1. The van der Waals surface area contributed by atoms with Crippen LogP contribution in [-0.4, -0.2) is 81.3 Å². The number of hydrogen-bond acceptors (Lipinski definition) is 7. The Morgan fingerprint density at radius 1 is 1.25 bits per heavy atom. The van der Waals surface area contributed by atoms with E-state index in [1.54, 1.807) is 21.7 Å². The normalized spacial score (nSPS) is 19.9. The number of nitrogens with zero attached hydrogens (tertiary/aromatic N) is 4. The van der Waals surface area contributed by atoms with Crippen LogP contribution < -0.4 is 5.84 Å². The Morgan fingerprint density at radius 3 is 2.38 bits per heavy atom. The Labute approximate surface area is 188 Å². The molecule has 1 aromatic carbocycles. The standard InChI is InChI=1S/C18H25N5OS.C2HF3O2/c19-10-17-13-25-14-22(17)18(24)12-23(20)16-6-8-21(9-7-16)11-15-4-2-1-3-5-15;3-2(4,5)1(6)7/h1-5,16-17H,6-9,11-14,20H2;(H,6,7)/t17-;/m1./s1. The van der Waals surface area contributed by atoms with Gasteiger partial charge in [-0.2, -0.15) is 18.4 Å². The zero-order valence-electron chi connectivity index (χ0n) is 17.4. The van der Waals surface area contributed by atoms with Gasteiger partial charge in [-0.15, -0.1) is 11.8 Å². The average Bonchev–Trinajstić information content (AvgIpc) is 3.24. The Bertz CT molecular complexity index is 798. The van der Waals surface area contributed by atoms with Crippen molar-refractivity contribution in [3.05, 3.63) is 35.9 Å². The van der Waals surface area contributed by atoms with Crippen molar-refractivity contribution in [3.63, 3.8) is 0 Å². The molecule has 32 heavy (non-hydrogen) atoms. The SMILES string of the molecule is N#C[C@@H]1CSCN1C(=O)CN(N)C1CCN(Cc2ccccc2)CC1.O=C(O)C(F)(F)F. The first-order chi connectivity index (χ1) is 15.1. The minimum Gasteiger partial charge on any atom is -0.475 e. The number of likely N-dealkylation sites (tertiary alicyclic amines) is 1. The molecule has 0 aromatic heterocycles. The van der Waals surface area contributed by atoms with Gasteiger partial charge < -0.3 is 10.0 Å². The fourth-order valence-electron chi connectivity index (χ4n) is 3.42. The van der Waals surface area contributed by atoms with Crippen LogP contribution in [0.4, 0.5) is 13.2 Å². The summed E-state index contributed by atoms with van der Waals surface area (Å²) < 4.78 is 31.7. The summed E-state index contributed by atoms with van der Waals surface area (Å²) in [6.45, 7) is 3.14. The largest absolute Gasteiger partial charge is 0.490 e. The van der Waals surface area contributed by atoms with Crippen molar-refractivity contribution in [3.8, 4) is 6.07 Å². The maximum absolute atomic E-state index is 12.4. The number of amides is 1. The molecule has 2 heterocycles. The lowest BCUT2D eigenvalue weighted by molar-refractivity contribution is -0.192. The highest BCUT2D eigenvalue weighted by Crippen LogP contribution is 2.21. The van der Waals surface area contributed by atoms with Crippen molar-refractivity contribution < 1.29 is 27.9 Å². The molecule has 2 saturated heterocycles. The van der Waals surface area contributed by atoms with Crippen LogP contribution in [0, 0.1) is 11.3 Å². The number of carbonyl (C=O) groups excluding carboxylic acids is 1. The van der Waals surface area contributed by atoms with Crippen LogP contribution in [0.15, 0.2) is 30.3 Å². The van der Waals surface area contributed by atoms with Gasteiger partial charge in [-0.05, 0) is 18.4 Å². The molecule has 0 bridgehead atoms. The highest BCUT2D eigenvalue weighted by atomic mass is 32.2. The minimum atomic E-state index is -5.08. The van der Waals surface area contributed by atoms with Gasteiger partial charge in [0.25, 0.3) is 0 Å². The summed E-state index contributed by atoms with van der Waals surface area (Å²) in [4.78, 5) is 25.4. The molecule has 2 fully saturated rings. The predicted octanol–water partition coefficient (Wildman–Crippen LogP) is 1.89. The average molecular weight is 474 g/mol. The molecule has 0 unspecified atom stereocenters. The van der Waals surface area contributed by atoms with Crippen LogP contribution in [0.1, 0.15) is 18.4 Å². The van der Waals surface area contributed by atoms with Gasteiger partial charge >= 0.3 is 12.1 Å². The topological polar surface area (TPSA) is 114 Å². The van der Waals surface area contributed by atoms with E-state index < -0.39 is 12.1 Å². The lowest BCUT2D eigenvalue weighted by Gasteiger charge is -2.36. The van der Waals surface area contributed by atoms with E-state index in [1.807, 2.05) is 6.07 Å². The molecule has 2 aliphatic rings. The molecular formula is C20H26F3N5O3S. The summed E-state index contributed by atoms with van der Waals surface area (Å²) in [5.74, 6) is 4.68. The molecule has 1 amide bonds. The number of alkyl halides is 3. The molecule has 0 saturated carbocycles. The van der Waals surface area contributed by atoms with Crippen LogP contribution >= 0.6 is 11.8 Å². The number of rotatable bonds is 5. The number of piperidine rings is 1. The first-order valence-corrected chi connectivity index (χ1v) is 11.1. The third kappa shape index (κ3) is 7.98. The van der Waals surface area contributed by atoms with Gasteiger partial charge in [-0.25, -0.2) is 9.80 Å². The molecule has 0 spiro atoms. The van der Waals surface area contributed by atoms with E-state index >= 15 is 0 Å². The molecule has 1 aromatic rings. The van der Waals surface area contributed by atoms with E-state index in [1.165, 1.54) is 5.56 Å². The van der Waals surface area contributed by atoms with E-state index in [0.29, 0.717) is 11.6 Å². The van der Waals surface area contributed by atoms with Crippen LogP contribution in [0.2, 0.25) is 0 Å². The van der Waals surface area contributed by atoms with Gasteiger partial charge in [0.05, 0.1) is 18.5 Å². The van der Waals surface area contributed by atoms with Gasteiger partial charge in [0, 0.05) is 31.4 Å². The summed E-state index contributed by atoms with van der Waals surface area (Å²) >= 11 is 1.62. The Hall–Kier alpha value is -2.33. The summed E-state index contributed by atoms with van der Waals surface area (Å²) in [5.41, 5.74) is 1.33. The zero-order chi connectivity index (χ0) is 23.7. The van der Waals surface area contributed by atoms with Crippen molar-refractivity contribution >= 4 is 23.6 Å². The number of nitriles is 1. The second kappa shape index (κ2) is 12.1. The van der Waals surface area contributed by atoms with E-state index in [-0.39, 0.29) is 24.5 Å². The van der Waals surface area contributed by atoms with Gasteiger partial charge in [0.15, 0.2) is 0 Å². The summed E-state index contributed by atoms with van der Waals surface area (Å²) in [7, 11) is 0. The molecule has 1 atom stereocenters. The number of thioether (sulfide) groups is 1. The Kier molecular flexibility index (Phi) is 9.77. The molecule has 8 nitrogen and oxygen atoms in total. The lowest BCUT2D eigenvalue weighted by atomic mass is 10.0. The van der Waals surface area contributed by atoms with Crippen LogP contribution in [0.3, 0.4) is 0 Å². The van der Waals surface area contributed by atoms with Crippen LogP contribution in [-0.2, 0) is 16.1 Å². The Morgan fingerprint density at radius 2 is 1.84 bits per heavy atom. The molecule has 3 rings (SSSR count). The first kappa shape index (κ1) is 25.9. The molecule has 12 heteroatoms. The summed E-state index contributed by atoms with van der Waals surface area (Å²) in [6.07, 6.45) is -3.15. The molecule has 2 aliphatic heterocycles. The number of hydrogen-bond donors (Lipinski definition) is 2. The monoisotopic (exact) mass is 473 g/mol. The number of halogens is 3. The summed E-state index contributed by atoms with van der Waals surface area (Å²) in [5, 5.41) is 17.9. The van der Waals surface area contributed by atoms with Crippen molar-refractivity contribution in [2.45, 2.75) is 37.6 Å². The predicted molar refractivity (Wildman–Crippen MR) is 113 cm³/mol. The van der Waals surface area contributed by atoms with E-state index in [9.17, 15) is 18.0 Å². The van der Waals surface area contributed by atoms with Crippen molar-refractivity contribution in [2.75, 3.05) is 31.3 Å². The van der Waals surface area contributed by atoms with Crippen LogP contribution in [0.5, 0.6) is 0 Å². The molecular weight excluding hydrogens is 447 g/mol. The molecule has 0 radical (unpaired) electrons. The number of hydrazine groups is 1. The number of carboxylic acid groups (broad SMARTS) is 1. The second-order valence-corrected chi connectivity index (χ2v) is 8.48. The van der Waals surface area contributed by atoms with E-state index in [0.717, 1.165) is 32.5 Å². The van der Waals surface area contributed by atoms with E-state index in [4.69, 9.17) is 21.0 Å². The van der Waals surface area contributed by atoms with Crippen molar-refractivity contribution in [1.29, 1.82) is 5.26 Å². The maximum Gasteiger partial charge on any atom is 0.490 e. The minimum absolute atomic E-state index is 0.0363. The lowest BCUT2D eigenvalue weighted by Crippen LogP contribution is -2.52. The van der Waals surface area contributed by atoms with Gasteiger partial charge in [-0.3, -0.25) is 15.5 Å². The number of nitrogens with two attached hydrogens (primary N) is 1. The van der Waals surface area contributed by atoms with Gasteiger partial charge in [-0.1, -0.05) is 30.3 Å².